The van der Waals surface area contributed by atoms with Crippen LogP contribution in [0.5, 0.6) is 0 Å². The van der Waals surface area contributed by atoms with E-state index in [0.29, 0.717) is 18.3 Å². The van der Waals surface area contributed by atoms with Crippen LogP contribution >= 0.6 is 0 Å². The molecule has 1 amide bonds. The molecular weight excluding hydrogens is 242 g/mol. The zero-order chi connectivity index (χ0) is 13.8. The molecule has 0 aromatic carbocycles. The fourth-order valence-corrected chi connectivity index (χ4v) is 4.47. The van der Waals surface area contributed by atoms with Crippen LogP contribution in [0.15, 0.2) is 5.16 Å². The van der Waals surface area contributed by atoms with Gasteiger partial charge in [-0.1, -0.05) is 12.1 Å². The molecule has 0 saturated heterocycles. The summed E-state index contributed by atoms with van der Waals surface area (Å²) in [6.45, 7) is 3.74. The van der Waals surface area contributed by atoms with E-state index in [0.717, 1.165) is 11.8 Å². The average molecular weight is 265 g/mol. The summed E-state index contributed by atoms with van der Waals surface area (Å²) in [5.41, 5.74) is 4.96. The number of nitrogens with one attached hydrogen (secondary N) is 1. The van der Waals surface area contributed by atoms with Crippen LogP contribution in [-0.2, 0) is 4.79 Å². The van der Waals surface area contributed by atoms with E-state index < -0.39 is 5.54 Å². The van der Waals surface area contributed by atoms with E-state index in [1.54, 1.807) is 0 Å². The van der Waals surface area contributed by atoms with Crippen molar-refractivity contribution in [3.05, 3.63) is 0 Å². The van der Waals surface area contributed by atoms with Gasteiger partial charge in [0.25, 0.3) is 0 Å². The predicted octanol–water partition coefficient (Wildman–Crippen LogP) is 1.31. The number of nitrogens with two attached hydrogens (primary N) is 1. The van der Waals surface area contributed by atoms with Crippen LogP contribution in [0.25, 0.3) is 0 Å². The van der Waals surface area contributed by atoms with Crippen molar-refractivity contribution >= 4 is 11.7 Å². The third-order valence-electron chi connectivity index (χ3n) is 5.82. The first-order valence-corrected chi connectivity index (χ1v) is 7.32. The number of amides is 1. The molecule has 0 aromatic rings. The van der Waals surface area contributed by atoms with E-state index in [-0.39, 0.29) is 17.7 Å². The molecule has 0 spiro atoms. The molecule has 3 fully saturated rings. The maximum Gasteiger partial charge on any atom is 0.224 e. The normalized spacial score (nSPS) is 42.6. The van der Waals surface area contributed by atoms with E-state index in [1.807, 2.05) is 13.8 Å². The van der Waals surface area contributed by atoms with Gasteiger partial charge in [0.15, 0.2) is 5.84 Å². The third kappa shape index (κ3) is 1.74. The molecular formula is C14H23N3O2. The van der Waals surface area contributed by atoms with Gasteiger partial charge in [-0.05, 0) is 56.3 Å². The molecule has 5 atom stereocenters. The lowest BCUT2D eigenvalue weighted by molar-refractivity contribution is -0.124. The maximum absolute atomic E-state index is 12.4. The third-order valence-corrected chi connectivity index (χ3v) is 5.82. The number of amidine groups is 1. The number of hydrogen-bond acceptors (Lipinski definition) is 3. The number of hydrogen-bond donors (Lipinski definition) is 3. The van der Waals surface area contributed by atoms with E-state index in [2.05, 4.69) is 10.5 Å². The monoisotopic (exact) mass is 265 g/mol. The van der Waals surface area contributed by atoms with Crippen molar-refractivity contribution in [3.8, 4) is 0 Å². The van der Waals surface area contributed by atoms with Crippen LogP contribution in [0.1, 0.15) is 39.5 Å². The number of carbonyl (C=O) groups is 1. The molecule has 3 saturated carbocycles. The topological polar surface area (TPSA) is 87.7 Å². The molecule has 0 aliphatic heterocycles. The second-order valence-corrected chi connectivity index (χ2v) is 6.67. The van der Waals surface area contributed by atoms with Crippen molar-refractivity contribution in [2.75, 3.05) is 0 Å². The lowest BCUT2D eigenvalue weighted by atomic mass is 9.95. The van der Waals surface area contributed by atoms with Gasteiger partial charge in [-0.15, -0.1) is 0 Å². The fraction of sp³-hybridized carbons (Fsp3) is 0.857. The van der Waals surface area contributed by atoms with Crippen LogP contribution in [0.4, 0.5) is 0 Å². The van der Waals surface area contributed by atoms with E-state index >= 15 is 0 Å². The van der Waals surface area contributed by atoms with Gasteiger partial charge < -0.3 is 16.3 Å². The van der Waals surface area contributed by atoms with Gasteiger partial charge in [-0.25, -0.2) is 0 Å². The minimum Gasteiger partial charge on any atom is -0.409 e. The number of fused-ring (bicyclic) bond motifs is 5. The first-order chi connectivity index (χ1) is 9.01. The highest BCUT2D eigenvalue weighted by atomic mass is 16.4. The zero-order valence-electron chi connectivity index (χ0n) is 11.6. The standard InChI is InChI=1S/C14H23N3O2/c1-3-14(2,13(15)17-19)16-12(18)11-9-7-4-5-8(6-7)10(9)11/h7-11,19H,3-6H2,1-2H3,(H2,15,17)(H,16,18). The first kappa shape index (κ1) is 12.8. The molecule has 19 heavy (non-hydrogen) atoms. The summed E-state index contributed by atoms with van der Waals surface area (Å²) in [4.78, 5) is 12.4. The Labute approximate surface area is 113 Å². The smallest absolute Gasteiger partial charge is 0.224 e. The highest BCUT2D eigenvalue weighted by molar-refractivity contribution is 5.94. The van der Waals surface area contributed by atoms with Crippen molar-refractivity contribution in [1.29, 1.82) is 0 Å². The molecule has 2 bridgehead atoms. The number of oxime groups is 1. The first-order valence-electron chi connectivity index (χ1n) is 7.32. The second kappa shape index (κ2) is 4.12. The lowest BCUT2D eigenvalue weighted by Gasteiger charge is -2.28. The van der Waals surface area contributed by atoms with Gasteiger partial charge in [-0.3, -0.25) is 4.79 Å². The number of nitrogens with zero attached hydrogens (tertiary/aromatic N) is 1. The molecule has 106 valence electrons. The van der Waals surface area contributed by atoms with Crippen molar-refractivity contribution in [1.82, 2.24) is 5.32 Å². The Balaban J connectivity index is 1.67. The minimum atomic E-state index is -0.734. The minimum absolute atomic E-state index is 0.0807. The summed E-state index contributed by atoms with van der Waals surface area (Å²) < 4.78 is 0. The van der Waals surface area contributed by atoms with Gasteiger partial charge in [0.1, 0.15) is 0 Å². The Kier molecular flexibility index (Phi) is 2.76. The van der Waals surface area contributed by atoms with Crippen LogP contribution < -0.4 is 11.1 Å². The van der Waals surface area contributed by atoms with Crippen LogP contribution in [0, 0.1) is 29.6 Å². The van der Waals surface area contributed by atoms with E-state index in [9.17, 15) is 4.79 Å². The largest absolute Gasteiger partial charge is 0.409 e. The molecule has 5 unspecified atom stereocenters. The number of rotatable bonds is 4. The summed E-state index contributed by atoms with van der Waals surface area (Å²) in [7, 11) is 0. The van der Waals surface area contributed by atoms with Gasteiger partial charge >= 0.3 is 0 Å². The molecule has 0 aromatic heterocycles. The molecule has 0 heterocycles. The zero-order valence-corrected chi connectivity index (χ0v) is 11.6. The Bertz CT molecular complexity index is 420. The quantitative estimate of drug-likeness (QED) is 0.310. The molecule has 5 nitrogen and oxygen atoms in total. The Morgan fingerprint density at radius 2 is 2.00 bits per heavy atom. The van der Waals surface area contributed by atoms with Crippen molar-refractivity contribution < 1.29 is 10.0 Å². The molecule has 3 rings (SSSR count). The predicted molar refractivity (Wildman–Crippen MR) is 71.5 cm³/mol. The molecule has 4 N–H and O–H groups in total. The summed E-state index contributed by atoms with van der Waals surface area (Å²) in [5, 5.41) is 14.9. The lowest BCUT2D eigenvalue weighted by Crippen LogP contribution is -2.55. The molecule has 0 radical (unpaired) electrons. The molecule has 3 aliphatic carbocycles. The summed E-state index contributed by atoms with van der Waals surface area (Å²) in [5.74, 6) is 3.16. The fourth-order valence-electron chi connectivity index (χ4n) is 4.47. The maximum atomic E-state index is 12.4. The van der Waals surface area contributed by atoms with Gasteiger partial charge in [0.05, 0.1) is 5.54 Å². The Morgan fingerprint density at radius 3 is 2.47 bits per heavy atom. The van der Waals surface area contributed by atoms with Crippen LogP contribution in [-0.4, -0.2) is 22.5 Å². The van der Waals surface area contributed by atoms with Crippen LogP contribution in [0.2, 0.25) is 0 Å². The Hall–Kier alpha value is -1.26. The van der Waals surface area contributed by atoms with E-state index in [4.69, 9.17) is 10.9 Å². The van der Waals surface area contributed by atoms with Gasteiger partial charge in [-0.2, -0.15) is 0 Å². The number of carbonyl (C=O) groups excluding carboxylic acids is 1. The highest BCUT2D eigenvalue weighted by Gasteiger charge is 2.67. The van der Waals surface area contributed by atoms with Gasteiger partial charge in [0, 0.05) is 5.92 Å². The summed E-state index contributed by atoms with van der Waals surface area (Å²) in [6, 6.07) is 0. The molecule has 3 aliphatic rings. The van der Waals surface area contributed by atoms with Crippen molar-refractivity contribution in [3.63, 3.8) is 0 Å². The molecule has 5 heteroatoms. The van der Waals surface area contributed by atoms with Crippen LogP contribution in [0.3, 0.4) is 0 Å². The van der Waals surface area contributed by atoms with E-state index in [1.165, 1.54) is 19.3 Å². The summed E-state index contributed by atoms with van der Waals surface area (Å²) >= 11 is 0. The van der Waals surface area contributed by atoms with Crippen molar-refractivity contribution in [2.24, 2.45) is 40.5 Å². The SMILES string of the molecule is CCC(C)(NC(=O)C1C2C3CCC(C3)C12)C(N)=NO. The highest BCUT2D eigenvalue weighted by Crippen LogP contribution is 2.69. The van der Waals surface area contributed by atoms with Crippen molar-refractivity contribution in [2.45, 2.75) is 45.1 Å². The average Bonchev–Trinajstić information content (AvgIpc) is 2.87. The Morgan fingerprint density at radius 1 is 1.42 bits per heavy atom. The second-order valence-electron chi connectivity index (χ2n) is 6.67. The summed E-state index contributed by atoms with van der Waals surface area (Å²) in [6.07, 6.45) is 4.57. The van der Waals surface area contributed by atoms with Gasteiger partial charge in [0.2, 0.25) is 5.91 Å².